The van der Waals surface area contributed by atoms with Crippen LogP contribution in [0, 0.1) is 5.92 Å². The van der Waals surface area contributed by atoms with Crippen molar-refractivity contribution in [3.05, 3.63) is 77.4 Å². The molecule has 0 amide bonds. The Hall–Kier alpha value is -2.12. The van der Waals surface area contributed by atoms with Crippen LogP contribution in [0.25, 0.3) is 0 Å². The normalized spacial score (nSPS) is 21.1. The summed E-state index contributed by atoms with van der Waals surface area (Å²) in [7, 11) is 1.11. The number of methoxy groups -OCH3 is 2. The molecule has 2 aromatic carbocycles. The first-order valence-corrected chi connectivity index (χ1v) is 19.4. The fourth-order valence-electron chi connectivity index (χ4n) is 5.70. The molecule has 0 N–H and O–H groups in total. The van der Waals surface area contributed by atoms with Gasteiger partial charge in [0.1, 0.15) is 5.75 Å². The first-order chi connectivity index (χ1) is 20.7. The lowest BCUT2D eigenvalue weighted by Crippen LogP contribution is -2.44. The minimum Gasteiger partial charge on any atom is -0.497 e. The SMILES string of the molecule is COC(=O)CCC/C=C\C[C@@H]1C(c2ccc(C(C)(C)COCc3ccc(OC)cc3)cc2)[C@H](O[Si](C)(C)C(C)(C)C)C[C@H]1Cl. The summed E-state index contributed by atoms with van der Waals surface area (Å²) in [6.45, 7) is 17.2. The van der Waals surface area contributed by atoms with Gasteiger partial charge in [0.2, 0.25) is 0 Å². The smallest absolute Gasteiger partial charge is 0.305 e. The summed E-state index contributed by atoms with van der Waals surface area (Å²) < 4.78 is 23.3. The van der Waals surface area contributed by atoms with E-state index < -0.39 is 8.32 Å². The van der Waals surface area contributed by atoms with Gasteiger partial charge in [0.05, 0.1) is 33.5 Å². The van der Waals surface area contributed by atoms with Gasteiger partial charge in [0, 0.05) is 23.1 Å². The van der Waals surface area contributed by atoms with Crippen LogP contribution in [0.5, 0.6) is 5.75 Å². The molecule has 0 aliphatic heterocycles. The quantitative estimate of drug-likeness (QED) is 0.0636. The van der Waals surface area contributed by atoms with Gasteiger partial charge < -0.3 is 18.6 Å². The lowest BCUT2D eigenvalue weighted by atomic mass is 9.81. The highest BCUT2D eigenvalue weighted by atomic mass is 35.5. The predicted octanol–water partition coefficient (Wildman–Crippen LogP) is 9.58. The molecule has 0 spiro atoms. The number of ether oxygens (including phenoxy) is 3. The number of rotatable bonds is 15. The van der Waals surface area contributed by atoms with Crippen molar-refractivity contribution in [2.45, 2.75) is 114 Å². The lowest BCUT2D eigenvalue weighted by molar-refractivity contribution is -0.140. The second-order valence-electron chi connectivity index (χ2n) is 14.4. The average molecular weight is 643 g/mol. The van der Waals surface area contributed by atoms with E-state index in [-0.39, 0.29) is 39.7 Å². The molecule has 1 saturated carbocycles. The van der Waals surface area contributed by atoms with Gasteiger partial charge in [-0.3, -0.25) is 4.79 Å². The van der Waals surface area contributed by atoms with Gasteiger partial charge in [-0.25, -0.2) is 0 Å². The first kappa shape index (κ1) is 36.3. The number of halogens is 1. The van der Waals surface area contributed by atoms with Crippen LogP contribution in [0.15, 0.2) is 60.7 Å². The minimum absolute atomic E-state index is 0.0389. The average Bonchev–Trinajstić information content (AvgIpc) is 3.27. The van der Waals surface area contributed by atoms with Crippen LogP contribution >= 0.6 is 11.6 Å². The number of esters is 1. The largest absolute Gasteiger partial charge is 0.497 e. The Balaban J connectivity index is 1.74. The highest BCUT2D eigenvalue weighted by Crippen LogP contribution is 2.49. The molecule has 1 aliphatic rings. The third kappa shape index (κ3) is 9.94. The maximum atomic E-state index is 11.4. The molecule has 1 fully saturated rings. The van der Waals surface area contributed by atoms with E-state index in [1.165, 1.54) is 18.2 Å². The zero-order valence-corrected chi connectivity index (χ0v) is 30.2. The number of alkyl halides is 1. The molecule has 3 rings (SSSR count). The molecular weight excluding hydrogens is 588 g/mol. The van der Waals surface area contributed by atoms with Crippen molar-refractivity contribution in [2.75, 3.05) is 20.8 Å². The van der Waals surface area contributed by atoms with E-state index in [1.54, 1.807) is 7.11 Å². The summed E-state index contributed by atoms with van der Waals surface area (Å²) in [5.41, 5.74) is 3.53. The van der Waals surface area contributed by atoms with Gasteiger partial charge in [-0.1, -0.05) is 83.2 Å². The van der Waals surface area contributed by atoms with Crippen LogP contribution in [0.2, 0.25) is 18.1 Å². The van der Waals surface area contributed by atoms with E-state index in [4.69, 9.17) is 30.2 Å². The van der Waals surface area contributed by atoms with Crippen molar-refractivity contribution in [1.82, 2.24) is 0 Å². The molecule has 4 atom stereocenters. The number of hydrogen-bond acceptors (Lipinski definition) is 5. The molecule has 0 heterocycles. The van der Waals surface area contributed by atoms with Gasteiger partial charge in [0.15, 0.2) is 8.32 Å². The molecule has 1 unspecified atom stereocenters. The monoisotopic (exact) mass is 642 g/mol. The predicted molar refractivity (Wildman–Crippen MR) is 184 cm³/mol. The van der Waals surface area contributed by atoms with Crippen LogP contribution in [0.4, 0.5) is 0 Å². The third-order valence-corrected chi connectivity index (χ3v) is 14.6. The summed E-state index contributed by atoms with van der Waals surface area (Å²) in [6.07, 6.45) is 8.35. The molecule has 7 heteroatoms. The summed E-state index contributed by atoms with van der Waals surface area (Å²) in [5, 5.41) is 0.161. The van der Waals surface area contributed by atoms with Gasteiger partial charge in [-0.05, 0) is 78.6 Å². The van der Waals surface area contributed by atoms with Crippen molar-refractivity contribution in [3.8, 4) is 5.75 Å². The van der Waals surface area contributed by atoms with E-state index in [9.17, 15) is 4.79 Å². The zero-order valence-electron chi connectivity index (χ0n) is 28.5. The van der Waals surface area contributed by atoms with Crippen molar-refractivity contribution in [3.63, 3.8) is 0 Å². The van der Waals surface area contributed by atoms with Gasteiger partial charge in [0.25, 0.3) is 0 Å². The fourth-order valence-corrected chi connectivity index (χ4v) is 7.49. The van der Waals surface area contributed by atoms with Crippen LogP contribution in [-0.2, 0) is 30.7 Å². The van der Waals surface area contributed by atoms with Crippen LogP contribution in [-0.4, -0.2) is 46.6 Å². The molecule has 1 aliphatic carbocycles. The highest BCUT2D eigenvalue weighted by Gasteiger charge is 2.48. The molecular formula is C37H55ClO5Si. The Morgan fingerprint density at radius 3 is 2.23 bits per heavy atom. The van der Waals surface area contributed by atoms with Crippen LogP contribution in [0.3, 0.4) is 0 Å². The molecule has 2 aromatic rings. The van der Waals surface area contributed by atoms with Gasteiger partial charge >= 0.3 is 5.97 Å². The zero-order chi connectivity index (χ0) is 32.5. The van der Waals surface area contributed by atoms with Crippen molar-refractivity contribution < 1.29 is 23.4 Å². The van der Waals surface area contributed by atoms with Gasteiger partial charge in [-0.2, -0.15) is 0 Å². The number of hydrogen-bond donors (Lipinski definition) is 0. The fraction of sp³-hybridized carbons (Fsp3) is 0.595. The summed E-state index contributed by atoms with van der Waals surface area (Å²) in [5.74, 6) is 1.18. The van der Waals surface area contributed by atoms with E-state index in [0.717, 1.165) is 37.0 Å². The topological polar surface area (TPSA) is 54.0 Å². The molecule has 0 aromatic heterocycles. The Bertz CT molecular complexity index is 1200. The summed E-state index contributed by atoms with van der Waals surface area (Å²) >= 11 is 7.11. The molecule has 0 radical (unpaired) electrons. The third-order valence-electron chi connectivity index (χ3n) is 9.56. The number of benzene rings is 2. The molecule has 244 valence electrons. The molecule has 5 nitrogen and oxygen atoms in total. The maximum Gasteiger partial charge on any atom is 0.305 e. The van der Waals surface area contributed by atoms with E-state index in [1.807, 2.05) is 24.3 Å². The number of unbranched alkanes of at least 4 members (excludes halogenated alkanes) is 1. The standard InChI is InChI=1S/C37H55ClO5Si/c1-36(2,3)44(8,9)43-33-24-32(38)31(14-12-10-11-13-15-34(39)41-7)35(33)28-18-20-29(21-19-28)37(4,5)26-42-25-27-16-22-30(40-6)23-17-27/h10,12,16-23,31-33,35H,11,13-15,24-26H2,1-9H3/b12-10-/t31-,32+,33+,35?/m0/s1. The van der Waals surface area contributed by atoms with Crippen LogP contribution in [0.1, 0.15) is 89.3 Å². The summed E-state index contributed by atoms with van der Waals surface area (Å²) in [4.78, 5) is 11.4. The number of allylic oxidation sites excluding steroid dienone is 2. The van der Waals surface area contributed by atoms with Crippen molar-refractivity contribution in [1.29, 1.82) is 0 Å². The van der Waals surface area contributed by atoms with Gasteiger partial charge in [-0.15, -0.1) is 11.6 Å². The van der Waals surface area contributed by atoms with E-state index in [2.05, 4.69) is 84.1 Å². The Morgan fingerprint density at radius 1 is 0.977 bits per heavy atom. The van der Waals surface area contributed by atoms with E-state index >= 15 is 0 Å². The second kappa shape index (κ2) is 15.9. The minimum atomic E-state index is -2.00. The highest BCUT2D eigenvalue weighted by molar-refractivity contribution is 6.74. The molecule has 44 heavy (non-hydrogen) atoms. The Kier molecular flexibility index (Phi) is 13.2. The van der Waals surface area contributed by atoms with Crippen LogP contribution < -0.4 is 4.74 Å². The lowest BCUT2D eigenvalue weighted by Gasteiger charge is -2.40. The number of carbonyl (C=O) groups excluding carboxylic acids is 1. The summed E-state index contributed by atoms with van der Waals surface area (Å²) in [6, 6.07) is 17.1. The molecule has 0 bridgehead atoms. The van der Waals surface area contributed by atoms with Crippen molar-refractivity contribution in [2.24, 2.45) is 5.92 Å². The maximum absolute atomic E-state index is 11.4. The Labute approximate surface area is 272 Å². The van der Waals surface area contributed by atoms with Crippen molar-refractivity contribution >= 4 is 25.9 Å². The number of carbonyl (C=O) groups is 1. The molecule has 0 saturated heterocycles. The first-order valence-electron chi connectivity index (χ1n) is 16.0. The Morgan fingerprint density at radius 2 is 1.64 bits per heavy atom. The van der Waals surface area contributed by atoms with E-state index in [0.29, 0.717) is 19.6 Å². The second-order valence-corrected chi connectivity index (χ2v) is 19.7.